The molecular weight excluding hydrogens is 335 g/mol. The molecule has 23 heavy (non-hydrogen) atoms. The number of para-hydroxylation sites is 2. The Morgan fingerprint density at radius 3 is 2.30 bits per heavy atom. The fraction of sp³-hybridized carbons (Fsp3) is 0.125. The lowest BCUT2D eigenvalue weighted by molar-refractivity contribution is 0.419. The van der Waals surface area contributed by atoms with E-state index >= 15 is 0 Å². The van der Waals surface area contributed by atoms with Gasteiger partial charge in [-0.05, 0) is 24.3 Å². The quantitative estimate of drug-likeness (QED) is 0.775. The fourth-order valence-electron chi connectivity index (χ4n) is 2.32. The molecule has 0 unspecified atom stereocenters. The monoisotopic (exact) mass is 352 g/mol. The highest BCUT2D eigenvalue weighted by Gasteiger charge is 2.14. The number of fused-ring (bicyclic) bond motifs is 1. The van der Waals surface area contributed by atoms with Gasteiger partial charge in [0.1, 0.15) is 17.1 Å². The van der Waals surface area contributed by atoms with E-state index in [9.17, 15) is 0 Å². The van der Waals surface area contributed by atoms with Crippen LogP contribution >= 0.6 is 24.8 Å². The molecule has 2 aromatic carbocycles. The lowest BCUT2D eigenvalue weighted by Gasteiger charge is -2.20. The van der Waals surface area contributed by atoms with Crippen LogP contribution in [0.2, 0.25) is 0 Å². The first-order valence-electron chi connectivity index (χ1n) is 6.59. The summed E-state index contributed by atoms with van der Waals surface area (Å²) in [6, 6.07) is 15.7. The summed E-state index contributed by atoms with van der Waals surface area (Å²) in [6.07, 6.45) is 0. The van der Waals surface area contributed by atoms with E-state index in [0.717, 1.165) is 16.9 Å². The minimum Gasteiger partial charge on any atom is -0.494 e. The van der Waals surface area contributed by atoms with Gasteiger partial charge in [-0.2, -0.15) is 4.98 Å². The molecule has 1 heterocycles. The number of halogens is 2. The van der Waals surface area contributed by atoms with Crippen LogP contribution in [0.25, 0.3) is 10.9 Å². The van der Waals surface area contributed by atoms with E-state index in [1.165, 1.54) is 0 Å². The molecule has 1 aromatic heterocycles. The van der Waals surface area contributed by atoms with Crippen molar-refractivity contribution in [1.82, 2.24) is 9.97 Å². The Bertz CT molecular complexity index is 784. The number of rotatable bonds is 3. The van der Waals surface area contributed by atoms with E-state index < -0.39 is 0 Å². The van der Waals surface area contributed by atoms with Crippen LogP contribution in [-0.4, -0.2) is 24.1 Å². The maximum absolute atomic E-state index is 5.86. The lowest BCUT2D eigenvalue weighted by atomic mass is 10.2. The number of nitrogens with two attached hydrogens (primary N) is 1. The van der Waals surface area contributed by atoms with Crippen molar-refractivity contribution in [3.8, 4) is 5.75 Å². The van der Waals surface area contributed by atoms with Crippen LogP contribution in [-0.2, 0) is 0 Å². The molecule has 5 nitrogen and oxygen atoms in total. The number of hydrogen-bond donors (Lipinski definition) is 1. The molecule has 0 aliphatic rings. The zero-order chi connectivity index (χ0) is 14.8. The third kappa shape index (κ3) is 3.57. The number of benzene rings is 2. The molecule has 122 valence electrons. The zero-order valence-electron chi connectivity index (χ0n) is 12.8. The van der Waals surface area contributed by atoms with Crippen molar-refractivity contribution in [2.45, 2.75) is 0 Å². The van der Waals surface area contributed by atoms with Gasteiger partial charge in [-0.1, -0.05) is 24.3 Å². The SMILES string of the molecule is COc1cccc2c(N(C)c3ccccc3)nc(N)nc12.Cl.Cl. The molecule has 0 amide bonds. The van der Waals surface area contributed by atoms with Crippen molar-refractivity contribution in [3.63, 3.8) is 0 Å². The summed E-state index contributed by atoms with van der Waals surface area (Å²) in [6.45, 7) is 0. The van der Waals surface area contributed by atoms with E-state index in [0.29, 0.717) is 11.3 Å². The second kappa shape index (κ2) is 7.85. The van der Waals surface area contributed by atoms with E-state index in [1.807, 2.05) is 60.5 Å². The molecule has 0 spiro atoms. The number of anilines is 3. The Morgan fingerprint density at radius 1 is 0.957 bits per heavy atom. The molecule has 0 saturated heterocycles. The van der Waals surface area contributed by atoms with E-state index in [-0.39, 0.29) is 30.8 Å². The first-order chi connectivity index (χ1) is 10.2. The predicted octanol–water partition coefficient (Wildman–Crippen LogP) is 3.83. The van der Waals surface area contributed by atoms with E-state index in [2.05, 4.69) is 9.97 Å². The van der Waals surface area contributed by atoms with Crippen LogP contribution in [0.1, 0.15) is 0 Å². The Morgan fingerprint density at radius 2 is 1.65 bits per heavy atom. The molecule has 0 atom stereocenters. The van der Waals surface area contributed by atoms with E-state index in [1.54, 1.807) is 7.11 Å². The molecular formula is C16H18Cl2N4O. The second-order valence-electron chi connectivity index (χ2n) is 4.66. The highest BCUT2D eigenvalue weighted by atomic mass is 35.5. The number of methoxy groups -OCH3 is 1. The predicted molar refractivity (Wildman–Crippen MR) is 99.5 cm³/mol. The molecule has 0 fully saturated rings. The largest absolute Gasteiger partial charge is 0.494 e. The van der Waals surface area contributed by atoms with Crippen molar-refractivity contribution in [2.75, 3.05) is 24.8 Å². The normalized spacial score (nSPS) is 9.65. The van der Waals surface area contributed by atoms with Crippen LogP contribution in [0.15, 0.2) is 48.5 Å². The Kier molecular flexibility index (Phi) is 6.42. The Labute approximate surface area is 147 Å². The summed E-state index contributed by atoms with van der Waals surface area (Å²) in [5.74, 6) is 1.66. The molecule has 0 saturated carbocycles. The Balaban J connectivity index is 0.00000132. The maximum atomic E-state index is 5.86. The van der Waals surface area contributed by atoms with Gasteiger partial charge in [-0.3, -0.25) is 0 Å². The lowest BCUT2D eigenvalue weighted by Crippen LogP contribution is -2.13. The van der Waals surface area contributed by atoms with Crippen LogP contribution in [0.4, 0.5) is 17.5 Å². The topological polar surface area (TPSA) is 64.3 Å². The van der Waals surface area contributed by atoms with Gasteiger partial charge in [0.2, 0.25) is 5.95 Å². The molecule has 3 aromatic rings. The van der Waals surface area contributed by atoms with Gasteiger partial charge in [0, 0.05) is 18.1 Å². The number of aromatic nitrogens is 2. The van der Waals surface area contributed by atoms with Crippen LogP contribution in [0.5, 0.6) is 5.75 Å². The number of nitrogen functional groups attached to an aromatic ring is 1. The van der Waals surface area contributed by atoms with Crippen LogP contribution in [0.3, 0.4) is 0 Å². The van der Waals surface area contributed by atoms with E-state index in [4.69, 9.17) is 10.5 Å². The summed E-state index contributed by atoms with van der Waals surface area (Å²) < 4.78 is 5.36. The minimum absolute atomic E-state index is 0. The molecule has 0 aliphatic carbocycles. The fourth-order valence-corrected chi connectivity index (χ4v) is 2.32. The van der Waals surface area contributed by atoms with Crippen molar-refractivity contribution < 1.29 is 4.74 Å². The third-order valence-electron chi connectivity index (χ3n) is 3.37. The zero-order valence-corrected chi connectivity index (χ0v) is 14.4. The molecule has 0 aliphatic heterocycles. The number of nitrogens with zero attached hydrogens (tertiary/aromatic N) is 3. The summed E-state index contributed by atoms with van der Waals surface area (Å²) >= 11 is 0. The molecule has 3 rings (SSSR count). The molecule has 0 radical (unpaired) electrons. The first-order valence-corrected chi connectivity index (χ1v) is 6.59. The summed E-state index contributed by atoms with van der Waals surface area (Å²) in [5, 5.41) is 0.898. The van der Waals surface area contributed by atoms with Gasteiger partial charge < -0.3 is 15.4 Å². The minimum atomic E-state index is 0. The molecule has 2 N–H and O–H groups in total. The number of ether oxygens (including phenoxy) is 1. The van der Waals surface area contributed by atoms with Gasteiger partial charge in [-0.15, -0.1) is 24.8 Å². The Hall–Kier alpha value is -2.24. The highest BCUT2D eigenvalue weighted by molar-refractivity contribution is 5.95. The third-order valence-corrected chi connectivity index (χ3v) is 3.37. The van der Waals surface area contributed by atoms with Crippen molar-refractivity contribution >= 4 is 53.2 Å². The summed E-state index contributed by atoms with van der Waals surface area (Å²) in [7, 11) is 3.57. The van der Waals surface area contributed by atoms with Crippen molar-refractivity contribution in [1.29, 1.82) is 0 Å². The van der Waals surface area contributed by atoms with Gasteiger partial charge >= 0.3 is 0 Å². The average molecular weight is 353 g/mol. The second-order valence-corrected chi connectivity index (χ2v) is 4.66. The summed E-state index contributed by atoms with van der Waals surface area (Å²) in [5.41, 5.74) is 7.60. The summed E-state index contributed by atoms with van der Waals surface area (Å²) in [4.78, 5) is 10.7. The van der Waals surface area contributed by atoms with Crippen molar-refractivity contribution in [3.05, 3.63) is 48.5 Å². The van der Waals surface area contributed by atoms with Gasteiger partial charge in [0.15, 0.2) is 0 Å². The smallest absolute Gasteiger partial charge is 0.222 e. The number of hydrogen-bond acceptors (Lipinski definition) is 5. The maximum Gasteiger partial charge on any atom is 0.222 e. The average Bonchev–Trinajstić information content (AvgIpc) is 2.53. The standard InChI is InChI=1S/C16H16N4O.2ClH/c1-20(11-7-4-3-5-8-11)15-12-9-6-10-13(21-2)14(12)18-16(17)19-15;;/h3-10H,1-2H3,(H2,17,18,19);2*1H. The highest BCUT2D eigenvalue weighted by Crippen LogP contribution is 2.33. The van der Waals surface area contributed by atoms with Gasteiger partial charge in [0.25, 0.3) is 0 Å². The van der Waals surface area contributed by atoms with Crippen LogP contribution in [0, 0.1) is 0 Å². The first kappa shape index (κ1) is 18.8. The van der Waals surface area contributed by atoms with Gasteiger partial charge in [-0.25, -0.2) is 4.98 Å². The van der Waals surface area contributed by atoms with Gasteiger partial charge in [0.05, 0.1) is 7.11 Å². The van der Waals surface area contributed by atoms with Crippen LogP contribution < -0.4 is 15.4 Å². The molecule has 0 bridgehead atoms. The molecule has 7 heteroatoms. The van der Waals surface area contributed by atoms with Crippen molar-refractivity contribution in [2.24, 2.45) is 0 Å².